The van der Waals surface area contributed by atoms with E-state index in [0.29, 0.717) is 29.4 Å². The molecular formula is C22H25NO4. The molecule has 0 unspecified atom stereocenters. The number of para-hydroxylation sites is 1. The van der Waals surface area contributed by atoms with E-state index in [1.807, 2.05) is 30.3 Å². The van der Waals surface area contributed by atoms with Crippen molar-refractivity contribution in [1.82, 2.24) is 4.90 Å². The van der Waals surface area contributed by atoms with E-state index in [1.165, 1.54) is 0 Å². The Kier molecular flexibility index (Phi) is 6.14. The summed E-state index contributed by atoms with van der Waals surface area (Å²) >= 11 is 0. The Bertz CT molecular complexity index is 840. The summed E-state index contributed by atoms with van der Waals surface area (Å²) in [6.07, 6.45) is 1.71. The van der Waals surface area contributed by atoms with E-state index in [1.54, 1.807) is 25.3 Å². The molecule has 0 N–H and O–H groups in total. The third-order valence-electron chi connectivity index (χ3n) is 4.64. The molecule has 0 saturated heterocycles. The van der Waals surface area contributed by atoms with Crippen molar-refractivity contribution in [2.24, 2.45) is 0 Å². The molecule has 27 heavy (non-hydrogen) atoms. The Hall–Kier alpha value is -2.79. The van der Waals surface area contributed by atoms with Gasteiger partial charge in [0, 0.05) is 18.2 Å². The predicted molar refractivity (Wildman–Crippen MR) is 106 cm³/mol. The van der Waals surface area contributed by atoms with E-state index in [2.05, 4.69) is 18.7 Å². The average molecular weight is 367 g/mol. The minimum atomic E-state index is -0.134. The molecule has 1 aliphatic rings. The molecule has 5 heteroatoms. The first kappa shape index (κ1) is 19.0. The summed E-state index contributed by atoms with van der Waals surface area (Å²) in [6.45, 7) is 7.72. The number of nitrogens with zero attached hydrogens (tertiary/aromatic N) is 1. The number of methoxy groups -OCH3 is 1. The van der Waals surface area contributed by atoms with Crippen LogP contribution in [-0.2, 0) is 0 Å². The normalized spacial score (nSPS) is 14.4. The second kappa shape index (κ2) is 8.73. The van der Waals surface area contributed by atoms with Gasteiger partial charge in [-0.1, -0.05) is 32.0 Å². The highest BCUT2D eigenvalue weighted by molar-refractivity contribution is 6.14. The number of carbonyl (C=O) groups is 1. The van der Waals surface area contributed by atoms with Gasteiger partial charge < -0.3 is 19.1 Å². The fourth-order valence-corrected chi connectivity index (χ4v) is 3.02. The van der Waals surface area contributed by atoms with Crippen molar-refractivity contribution in [3.63, 3.8) is 0 Å². The van der Waals surface area contributed by atoms with Crippen molar-refractivity contribution in [2.45, 2.75) is 13.8 Å². The molecule has 0 radical (unpaired) electrons. The largest absolute Gasteiger partial charge is 0.496 e. The molecule has 0 bridgehead atoms. The van der Waals surface area contributed by atoms with Crippen molar-refractivity contribution < 1.29 is 19.0 Å². The smallest absolute Gasteiger partial charge is 0.231 e. The molecule has 5 nitrogen and oxygen atoms in total. The van der Waals surface area contributed by atoms with E-state index < -0.39 is 0 Å². The molecule has 0 aromatic heterocycles. The van der Waals surface area contributed by atoms with Gasteiger partial charge in [-0.15, -0.1) is 0 Å². The van der Waals surface area contributed by atoms with Gasteiger partial charge in [0.1, 0.15) is 23.9 Å². The maximum atomic E-state index is 12.6. The second-order valence-electron chi connectivity index (χ2n) is 6.22. The Morgan fingerprint density at radius 3 is 2.63 bits per heavy atom. The van der Waals surface area contributed by atoms with Crippen molar-refractivity contribution >= 4 is 11.9 Å². The summed E-state index contributed by atoms with van der Waals surface area (Å²) in [6, 6.07) is 12.9. The van der Waals surface area contributed by atoms with Crippen LogP contribution in [0.15, 0.2) is 48.2 Å². The molecule has 3 rings (SSSR count). The van der Waals surface area contributed by atoms with Crippen molar-refractivity contribution in [3.05, 3.63) is 59.4 Å². The van der Waals surface area contributed by atoms with Crippen LogP contribution in [-0.4, -0.2) is 44.0 Å². The highest BCUT2D eigenvalue weighted by Crippen LogP contribution is 2.35. The molecule has 2 aromatic carbocycles. The molecule has 1 aliphatic heterocycles. The summed E-state index contributed by atoms with van der Waals surface area (Å²) in [7, 11) is 1.60. The fraction of sp³-hybridized carbons (Fsp3) is 0.318. The molecule has 142 valence electrons. The third kappa shape index (κ3) is 4.31. The Labute approximate surface area is 160 Å². The summed E-state index contributed by atoms with van der Waals surface area (Å²) in [5, 5.41) is 0. The van der Waals surface area contributed by atoms with Crippen molar-refractivity contribution in [2.75, 3.05) is 33.4 Å². The minimum Gasteiger partial charge on any atom is -0.496 e. The van der Waals surface area contributed by atoms with Crippen LogP contribution in [0.5, 0.6) is 17.2 Å². The van der Waals surface area contributed by atoms with Gasteiger partial charge in [0.05, 0.1) is 12.7 Å². The van der Waals surface area contributed by atoms with E-state index in [0.717, 1.165) is 25.2 Å². The molecule has 0 saturated carbocycles. The number of ketones is 1. The van der Waals surface area contributed by atoms with E-state index in [4.69, 9.17) is 14.2 Å². The SMILES string of the molecule is CCN(CC)CCOc1ccc2c(c1)O/C(=C\c1ccccc1OC)C2=O. The first-order valence-corrected chi connectivity index (χ1v) is 9.22. The Morgan fingerprint density at radius 1 is 1.11 bits per heavy atom. The van der Waals surface area contributed by atoms with E-state index in [-0.39, 0.29) is 11.5 Å². The van der Waals surface area contributed by atoms with Crippen molar-refractivity contribution in [1.29, 1.82) is 0 Å². The van der Waals surface area contributed by atoms with Crippen LogP contribution < -0.4 is 14.2 Å². The third-order valence-corrected chi connectivity index (χ3v) is 4.64. The molecule has 0 spiro atoms. The number of likely N-dealkylation sites (N-methyl/N-ethyl adjacent to an activating group) is 1. The molecule has 2 aromatic rings. The van der Waals surface area contributed by atoms with Crippen LogP contribution in [0.25, 0.3) is 6.08 Å². The number of rotatable bonds is 8. The van der Waals surface area contributed by atoms with Crippen LogP contribution in [0, 0.1) is 0 Å². The monoisotopic (exact) mass is 367 g/mol. The fourth-order valence-electron chi connectivity index (χ4n) is 3.02. The van der Waals surface area contributed by atoms with E-state index in [9.17, 15) is 4.79 Å². The lowest BCUT2D eigenvalue weighted by Gasteiger charge is -2.18. The van der Waals surface area contributed by atoms with Gasteiger partial charge in [0.25, 0.3) is 0 Å². The van der Waals surface area contributed by atoms with E-state index >= 15 is 0 Å². The van der Waals surface area contributed by atoms with Crippen LogP contribution in [0.3, 0.4) is 0 Å². The van der Waals surface area contributed by atoms with Crippen LogP contribution >= 0.6 is 0 Å². The highest BCUT2D eigenvalue weighted by Gasteiger charge is 2.28. The maximum absolute atomic E-state index is 12.6. The number of allylic oxidation sites excluding steroid dienone is 1. The summed E-state index contributed by atoms with van der Waals surface area (Å²) < 4.78 is 17.0. The minimum absolute atomic E-state index is 0.134. The number of hydrogen-bond donors (Lipinski definition) is 0. The van der Waals surface area contributed by atoms with Gasteiger partial charge in [-0.25, -0.2) is 0 Å². The van der Waals surface area contributed by atoms with Crippen LogP contribution in [0.1, 0.15) is 29.8 Å². The molecule has 0 aliphatic carbocycles. The zero-order valence-electron chi connectivity index (χ0n) is 16.0. The van der Waals surface area contributed by atoms with Gasteiger partial charge in [-0.3, -0.25) is 4.79 Å². The molecule has 0 fully saturated rings. The maximum Gasteiger partial charge on any atom is 0.231 e. The Balaban J connectivity index is 1.72. The van der Waals surface area contributed by atoms with Gasteiger partial charge in [-0.05, 0) is 37.4 Å². The van der Waals surface area contributed by atoms with Gasteiger partial charge >= 0.3 is 0 Å². The van der Waals surface area contributed by atoms with Gasteiger partial charge in [0.2, 0.25) is 5.78 Å². The highest BCUT2D eigenvalue weighted by atomic mass is 16.5. The van der Waals surface area contributed by atoms with Gasteiger partial charge in [-0.2, -0.15) is 0 Å². The van der Waals surface area contributed by atoms with Crippen LogP contribution in [0.2, 0.25) is 0 Å². The number of hydrogen-bond acceptors (Lipinski definition) is 5. The predicted octanol–water partition coefficient (Wildman–Crippen LogP) is 4.03. The zero-order chi connectivity index (χ0) is 19.2. The molecular weight excluding hydrogens is 342 g/mol. The topological polar surface area (TPSA) is 48.0 Å². The lowest BCUT2D eigenvalue weighted by Crippen LogP contribution is -2.27. The first-order valence-electron chi connectivity index (χ1n) is 9.22. The van der Waals surface area contributed by atoms with Crippen molar-refractivity contribution in [3.8, 4) is 17.2 Å². The van der Waals surface area contributed by atoms with Gasteiger partial charge in [0.15, 0.2) is 5.76 Å². The lowest BCUT2D eigenvalue weighted by atomic mass is 10.1. The molecule has 0 atom stereocenters. The number of Topliss-reactive ketones (excluding diaryl/α,β-unsaturated/α-hetero) is 1. The number of carbonyl (C=O) groups excluding carboxylic acids is 1. The number of fused-ring (bicyclic) bond motifs is 1. The summed E-state index contributed by atoms with van der Waals surface area (Å²) in [5.74, 6) is 2.08. The molecule has 0 amide bonds. The summed E-state index contributed by atoms with van der Waals surface area (Å²) in [5.41, 5.74) is 1.35. The molecule has 1 heterocycles. The number of ether oxygens (including phenoxy) is 3. The average Bonchev–Trinajstić information content (AvgIpc) is 3.00. The lowest BCUT2D eigenvalue weighted by molar-refractivity contribution is 0.101. The summed E-state index contributed by atoms with van der Waals surface area (Å²) in [4.78, 5) is 14.9. The zero-order valence-corrected chi connectivity index (χ0v) is 16.0. The quantitative estimate of drug-likeness (QED) is 0.659. The first-order chi connectivity index (χ1) is 13.2. The number of benzene rings is 2. The standard InChI is InChI=1S/C22H25NO4/c1-4-23(5-2)12-13-26-17-10-11-18-20(15-17)27-21(22(18)24)14-16-8-6-7-9-19(16)25-3/h6-11,14-15H,4-5,12-13H2,1-3H3/b21-14-. The Morgan fingerprint density at radius 2 is 1.89 bits per heavy atom. The second-order valence-corrected chi connectivity index (χ2v) is 6.22. The van der Waals surface area contributed by atoms with Crippen LogP contribution in [0.4, 0.5) is 0 Å².